The van der Waals surface area contributed by atoms with E-state index in [1.165, 1.54) is 56.6 Å². The quantitative estimate of drug-likeness (QED) is 0.116. The Balaban J connectivity index is 0.000000241. The highest BCUT2D eigenvalue weighted by Crippen LogP contribution is 2.36. The van der Waals surface area contributed by atoms with Crippen molar-refractivity contribution in [2.24, 2.45) is 13.0 Å². The lowest BCUT2D eigenvalue weighted by Gasteiger charge is -2.34. The molecular weight excluding hydrogens is 763 g/mol. The largest absolute Gasteiger partial charge is 0.490 e. The van der Waals surface area contributed by atoms with E-state index < -0.39 is 0 Å². The minimum absolute atomic E-state index is 0.102. The standard InChI is InChI=1S/C31H41N5O3.C13H16N4O2.CH4O/c1-21(2)39-29-18-28-23(17-26(29)30(37)32-27-7-6-16-35(31(27)38)24-12-13-24)20-36(33-28)25-10-8-22(9-11-25)19-34-14-4-3-5-15-34;1-14-13(19)17(8-5-9-18)12-10-6-3-4-7-11(10)16(2)15-12;1-2/h6-7,16-18,20-22,24-25H,3-5,8-15,19H2,1-2H3,(H,32,37);3-4,6-7,9H,5,8H2,1-2H3,(H,14,19);2H,1H3. The molecule has 60 heavy (non-hydrogen) atoms. The Morgan fingerprint density at radius 1 is 0.967 bits per heavy atom. The van der Waals surface area contributed by atoms with Crippen LogP contribution in [0.5, 0.6) is 5.75 Å². The van der Waals surface area contributed by atoms with Gasteiger partial charge in [0.2, 0.25) is 0 Å². The number of nitrogens with zero attached hydrogens (tertiary/aromatic N) is 7. The average molecular weight is 824 g/mol. The number of nitrogens with one attached hydrogen (secondary N) is 2. The molecule has 1 aliphatic heterocycles. The molecule has 0 unspecified atom stereocenters. The normalized spacial score (nSPS) is 17.9. The maximum absolute atomic E-state index is 13.4. The van der Waals surface area contributed by atoms with Gasteiger partial charge in [-0.25, -0.2) is 4.79 Å². The highest BCUT2D eigenvalue weighted by Gasteiger charge is 2.28. The molecule has 15 heteroatoms. The third-order valence-corrected chi connectivity index (χ3v) is 11.5. The molecule has 0 atom stereocenters. The van der Waals surface area contributed by atoms with Crippen molar-refractivity contribution < 1.29 is 24.2 Å². The van der Waals surface area contributed by atoms with Gasteiger partial charge >= 0.3 is 6.03 Å². The number of rotatable bonds is 12. The van der Waals surface area contributed by atoms with E-state index in [0.717, 1.165) is 66.8 Å². The summed E-state index contributed by atoms with van der Waals surface area (Å²) >= 11 is 0. The Kier molecular flexibility index (Phi) is 15.1. The number of benzene rings is 2. The van der Waals surface area contributed by atoms with Gasteiger partial charge in [0.25, 0.3) is 11.5 Å². The van der Waals surface area contributed by atoms with Crippen molar-refractivity contribution in [2.45, 2.75) is 96.2 Å². The van der Waals surface area contributed by atoms with Crippen LogP contribution in [0.15, 0.2) is 65.7 Å². The average Bonchev–Trinajstić information content (AvgIpc) is 3.94. The Hall–Kier alpha value is -5.54. The fourth-order valence-electron chi connectivity index (χ4n) is 8.34. The number of aldehydes is 1. The van der Waals surface area contributed by atoms with Gasteiger partial charge in [0.05, 0.1) is 28.7 Å². The van der Waals surface area contributed by atoms with E-state index in [9.17, 15) is 19.2 Å². The Morgan fingerprint density at radius 3 is 2.37 bits per heavy atom. The van der Waals surface area contributed by atoms with Gasteiger partial charge in [-0.15, -0.1) is 0 Å². The fourth-order valence-corrected chi connectivity index (χ4v) is 8.34. The lowest BCUT2D eigenvalue weighted by Crippen LogP contribution is -2.39. The van der Waals surface area contributed by atoms with Crippen molar-refractivity contribution in [3.05, 3.63) is 76.8 Å². The van der Waals surface area contributed by atoms with Gasteiger partial charge in [-0.2, -0.15) is 10.2 Å². The van der Waals surface area contributed by atoms with E-state index in [-0.39, 0.29) is 36.1 Å². The number of anilines is 2. The van der Waals surface area contributed by atoms with Crippen LogP contribution in [0.4, 0.5) is 16.3 Å². The van der Waals surface area contributed by atoms with Crippen molar-refractivity contribution in [2.75, 3.05) is 50.6 Å². The minimum atomic E-state index is -0.343. The molecular formula is C45H61N9O6. The van der Waals surface area contributed by atoms with Gasteiger partial charge in [0.1, 0.15) is 17.7 Å². The summed E-state index contributed by atoms with van der Waals surface area (Å²) in [7, 11) is 4.38. The number of aliphatic hydroxyl groups excluding tert-OH is 1. The van der Waals surface area contributed by atoms with Crippen LogP contribution in [-0.4, -0.2) is 98.8 Å². The molecule has 0 bridgehead atoms. The number of likely N-dealkylation sites (tertiary alicyclic amines) is 1. The summed E-state index contributed by atoms with van der Waals surface area (Å²) in [5, 5.41) is 23.5. The third-order valence-electron chi connectivity index (χ3n) is 11.5. The number of aromatic nitrogens is 5. The summed E-state index contributed by atoms with van der Waals surface area (Å²) in [6.07, 6.45) is 15.7. The van der Waals surface area contributed by atoms with Crippen LogP contribution in [0.25, 0.3) is 21.8 Å². The molecule has 322 valence electrons. The first-order chi connectivity index (χ1) is 29.1. The van der Waals surface area contributed by atoms with Crippen LogP contribution < -0.4 is 25.8 Å². The second-order valence-corrected chi connectivity index (χ2v) is 16.2. The van der Waals surface area contributed by atoms with E-state index >= 15 is 0 Å². The molecule has 2 saturated carbocycles. The smallest absolute Gasteiger partial charge is 0.322 e. The molecule has 3 aliphatic rings. The fraction of sp³-hybridized carbons (Fsp3) is 0.511. The molecule has 5 aromatic rings. The topological polar surface area (TPSA) is 169 Å². The van der Waals surface area contributed by atoms with E-state index in [1.807, 2.05) is 63.4 Å². The molecule has 3 aromatic heterocycles. The third kappa shape index (κ3) is 10.6. The number of fused-ring (bicyclic) bond motifs is 2. The van der Waals surface area contributed by atoms with E-state index in [2.05, 4.69) is 31.5 Å². The van der Waals surface area contributed by atoms with Crippen molar-refractivity contribution in [3.63, 3.8) is 0 Å². The monoisotopic (exact) mass is 823 g/mol. The van der Waals surface area contributed by atoms with Gasteiger partial charge in [-0.3, -0.25) is 23.9 Å². The predicted molar refractivity (Wildman–Crippen MR) is 235 cm³/mol. The van der Waals surface area contributed by atoms with Crippen molar-refractivity contribution in [3.8, 4) is 5.75 Å². The van der Waals surface area contributed by atoms with Crippen LogP contribution in [0.2, 0.25) is 0 Å². The zero-order chi connectivity index (χ0) is 42.8. The molecule has 3 fully saturated rings. The highest BCUT2D eigenvalue weighted by molar-refractivity contribution is 6.08. The van der Waals surface area contributed by atoms with E-state index in [4.69, 9.17) is 14.9 Å². The SMILES string of the molecule is CC(C)Oc1cc2nn(C3CCC(CN4CCCCC4)CC3)cc2cc1C(=O)Nc1cccn(C2CC2)c1=O.CNC(=O)N(CCC=O)c1nn(C)c2ccccc12.CO. The molecule has 4 heterocycles. The molecule has 3 amide bonds. The van der Waals surface area contributed by atoms with Crippen LogP contribution in [-0.2, 0) is 11.8 Å². The van der Waals surface area contributed by atoms with Crippen LogP contribution >= 0.6 is 0 Å². The van der Waals surface area contributed by atoms with Crippen molar-refractivity contribution >= 4 is 51.5 Å². The van der Waals surface area contributed by atoms with Crippen LogP contribution in [0, 0.1) is 5.92 Å². The Labute approximate surface area is 351 Å². The van der Waals surface area contributed by atoms with E-state index in [0.29, 0.717) is 35.4 Å². The number of urea groups is 1. The number of carbonyl (C=O) groups excluding carboxylic acids is 3. The second-order valence-electron chi connectivity index (χ2n) is 16.2. The maximum atomic E-state index is 13.4. The van der Waals surface area contributed by atoms with E-state index in [1.54, 1.807) is 28.6 Å². The zero-order valence-electron chi connectivity index (χ0n) is 35.7. The summed E-state index contributed by atoms with van der Waals surface area (Å²) in [6.45, 7) is 7.97. The number of pyridine rings is 1. The van der Waals surface area contributed by atoms with Gasteiger partial charge in [-0.05, 0) is 115 Å². The number of aryl methyl sites for hydroxylation is 1. The van der Waals surface area contributed by atoms with Gasteiger partial charge in [0, 0.05) is 76.0 Å². The molecule has 0 radical (unpaired) electrons. The van der Waals surface area contributed by atoms with Gasteiger partial charge in [0.15, 0.2) is 5.82 Å². The molecule has 2 aromatic carbocycles. The first-order valence-corrected chi connectivity index (χ1v) is 21.4. The minimum Gasteiger partial charge on any atom is -0.490 e. The summed E-state index contributed by atoms with van der Waals surface area (Å²) in [5.41, 5.74) is 2.32. The second kappa shape index (κ2) is 20.6. The lowest BCUT2D eigenvalue weighted by atomic mass is 9.85. The van der Waals surface area contributed by atoms with Crippen LogP contribution in [0.1, 0.15) is 100 Å². The molecule has 1 saturated heterocycles. The summed E-state index contributed by atoms with van der Waals surface area (Å²) in [5.74, 6) is 1.50. The van der Waals surface area contributed by atoms with Gasteiger partial charge in [-0.1, -0.05) is 18.6 Å². The van der Waals surface area contributed by atoms with Gasteiger partial charge < -0.3 is 34.7 Å². The molecule has 8 rings (SSSR count). The summed E-state index contributed by atoms with van der Waals surface area (Å²) < 4.78 is 11.6. The summed E-state index contributed by atoms with van der Waals surface area (Å²) in [6, 6.07) is 15.2. The van der Waals surface area contributed by atoms with Crippen molar-refractivity contribution in [1.29, 1.82) is 0 Å². The lowest BCUT2D eigenvalue weighted by molar-refractivity contribution is -0.107. The number of para-hydroxylation sites is 1. The Morgan fingerprint density at radius 2 is 1.68 bits per heavy atom. The highest BCUT2D eigenvalue weighted by atomic mass is 16.5. The van der Waals surface area contributed by atoms with Crippen LogP contribution in [0.3, 0.4) is 0 Å². The van der Waals surface area contributed by atoms with Crippen molar-refractivity contribution in [1.82, 2.24) is 34.3 Å². The molecule has 3 N–H and O–H groups in total. The number of ether oxygens (including phenoxy) is 1. The molecule has 0 spiro atoms. The summed E-state index contributed by atoms with van der Waals surface area (Å²) in [4.78, 5) is 53.0. The molecule has 15 nitrogen and oxygen atoms in total. The number of piperidine rings is 1. The number of hydrogen-bond acceptors (Lipinski definition) is 9. The Bertz CT molecular complexity index is 2280. The maximum Gasteiger partial charge on any atom is 0.322 e. The number of carbonyl (C=O) groups is 3. The number of aliphatic hydroxyl groups is 1. The number of hydrogen-bond donors (Lipinski definition) is 3. The zero-order valence-corrected chi connectivity index (χ0v) is 35.7. The first-order valence-electron chi connectivity index (χ1n) is 21.4. The predicted octanol–water partition coefficient (Wildman–Crippen LogP) is 6.71. The molecule has 2 aliphatic carbocycles. The number of amides is 3. The first kappa shape index (κ1) is 44.0.